The zero-order valence-electron chi connectivity index (χ0n) is 9.93. The molecule has 1 aromatic heterocycles. The van der Waals surface area contributed by atoms with Crippen LogP contribution in [0.5, 0.6) is 0 Å². The lowest BCUT2D eigenvalue weighted by atomic mass is 10.1. The minimum Gasteiger partial charge on any atom is -0.544 e. The molecule has 3 nitrogen and oxygen atoms in total. The Bertz CT molecular complexity index is 684. The molecule has 6 heteroatoms. The van der Waals surface area contributed by atoms with Gasteiger partial charge >= 0.3 is 0 Å². The normalized spacial score (nSPS) is 10.9. The quantitative estimate of drug-likeness (QED) is 0.642. The average molecular weight is 293 g/mol. The Morgan fingerprint density at radius 3 is 2.20 bits per heavy atom. The molecule has 0 aliphatic heterocycles. The van der Waals surface area contributed by atoms with E-state index >= 15 is 0 Å². The Morgan fingerprint density at radius 1 is 1.05 bits per heavy atom. The predicted molar refractivity (Wildman–Crippen MR) is 68.4 cm³/mol. The Morgan fingerprint density at radius 2 is 1.65 bits per heavy atom. The number of halogens is 2. The van der Waals surface area contributed by atoms with Crippen molar-refractivity contribution >= 4 is 29.2 Å². The Labute approximate surface area is 116 Å². The maximum absolute atomic E-state index is 13.3. The number of benzene rings is 1. The number of carboxylic acids is 1. The van der Waals surface area contributed by atoms with Crippen molar-refractivity contribution in [1.29, 1.82) is 0 Å². The summed E-state index contributed by atoms with van der Waals surface area (Å²) in [5.41, 5.74) is -0.322. The molecule has 0 radical (unpaired) electrons. The summed E-state index contributed by atoms with van der Waals surface area (Å²) < 4.78 is 26.7. The van der Waals surface area contributed by atoms with E-state index in [1.807, 2.05) is 0 Å². The lowest BCUT2D eigenvalue weighted by molar-refractivity contribution is -0.254. The highest BCUT2D eigenvalue weighted by Gasteiger charge is 2.09. The van der Waals surface area contributed by atoms with Gasteiger partial charge in [0.05, 0.1) is 15.7 Å². The number of hydrogen-bond donors (Lipinski definition) is 0. The molecule has 20 heavy (non-hydrogen) atoms. The van der Waals surface area contributed by atoms with Crippen LogP contribution in [0.4, 0.5) is 8.78 Å². The number of allylic oxidation sites excluding steroid dienone is 1. The number of aromatic carboxylic acids is 1. The van der Waals surface area contributed by atoms with Gasteiger partial charge in [0.1, 0.15) is 11.6 Å². The fraction of sp³-hybridized carbons (Fsp3) is 0. The standard InChI is InChI=1S/C14H8F2O3S/c15-9-2-1-3-10(16)8(9)4-5-11(17)12-6-7-13(20-12)14(18)19/h1-7H,(H,18,19)/p-1/b5-4+. The smallest absolute Gasteiger partial charge is 0.195 e. The van der Waals surface area contributed by atoms with Crippen molar-refractivity contribution in [2.45, 2.75) is 0 Å². The van der Waals surface area contributed by atoms with Gasteiger partial charge in [0, 0.05) is 5.56 Å². The van der Waals surface area contributed by atoms with E-state index in [0.717, 1.165) is 35.6 Å². The van der Waals surface area contributed by atoms with E-state index in [1.165, 1.54) is 18.2 Å². The monoisotopic (exact) mass is 293 g/mol. The Hall–Kier alpha value is -2.34. The van der Waals surface area contributed by atoms with Crippen LogP contribution in [0.2, 0.25) is 0 Å². The third-order valence-corrected chi connectivity index (χ3v) is 3.53. The molecule has 0 saturated carbocycles. The number of hydrogen-bond acceptors (Lipinski definition) is 4. The van der Waals surface area contributed by atoms with Gasteiger partial charge in [-0.25, -0.2) is 8.78 Å². The first-order chi connectivity index (χ1) is 9.49. The van der Waals surface area contributed by atoms with Gasteiger partial charge in [0.25, 0.3) is 0 Å². The fourth-order valence-corrected chi connectivity index (χ4v) is 2.25. The molecule has 0 amide bonds. The molecule has 1 aromatic carbocycles. The van der Waals surface area contributed by atoms with Crippen molar-refractivity contribution in [3.05, 3.63) is 63.4 Å². The van der Waals surface area contributed by atoms with E-state index in [2.05, 4.69) is 0 Å². The number of ketones is 1. The van der Waals surface area contributed by atoms with Crippen molar-refractivity contribution < 1.29 is 23.5 Å². The Balaban J connectivity index is 2.22. The molecule has 0 fully saturated rings. The highest BCUT2D eigenvalue weighted by Crippen LogP contribution is 2.18. The first-order valence-corrected chi connectivity index (χ1v) is 6.28. The molecule has 0 unspecified atom stereocenters. The summed E-state index contributed by atoms with van der Waals surface area (Å²) in [7, 11) is 0. The van der Waals surface area contributed by atoms with Gasteiger partial charge in [-0.15, -0.1) is 11.3 Å². The molecule has 0 aliphatic rings. The van der Waals surface area contributed by atoms with Crippen LogP contribution < -0.4 is 5.11 Å². The largest absolute Gasteiger partial charge is 0.544 e. The number of carboxylic acid groups (broad SMARTS) is 1. The molecule has 0 N–H and O–H groups in total. The molecule has 2 rings (SSSR count). The van der Waals surface area contributed by atoms with Crippen molar-refractivity contribution in [3.8, 4) is 0 Å². The molecule has 0 spiro atoms. The number of thiophene rings is 1. The summed E-state index contributed by atoms with van der Waals surface area (Å²) in [4.78, 5) is 22.4. The molecule has 0 bridgehead atoms. The van der Waals surface area contributed by atoms with Gasteiger partial charge in [-0.05, 0) is 36.4 Å². The van der Waals surface area contributed by atoms with E-state index in [9.17, 15) is 23.5 Å². The lowest BCUT2D eigenvalue weighted by Crippen LogP contribution is -2.20. The van der Waals surface area contributed by atoms with Crippen LogP contribution in [0.15, 0.2) is 36.4 Å². The topological polar surface area (TPSA) is 57.2 Å². The molecule has 1 heterocycles. The lowest BCUT2D eigenvalue weighted by Gasteiger charge is -1.98. The third kappa shape index (κ3) is 2.97. The first kappa shape index (κ1) is 14.1. The van der Waals surface area contributed by atoms with Crippen molar-refractivity contribution in [2.75, 3.05) is 0 Å². The summed E-state index contributed by atoms with van der Waals surface area (Å²) in [5.74, 6) is -3.48. The van der Waals surface area contributed by atoms with Gasteiger partial charge in [0.15, 0.2) is 5.78 Å². The zero-order valence-corrected chi connectivity index (χ0v) is 10.7. The number of rotatable bonds is 4. The fourth-order valence-electron chi connectivity index (χ4n) is 1.49. The van der Waals surface area contributed by atoms with Crippen LogP contribution in [-0.2, 0) is 0 Å². The van der Waals surface area contributed by atoms with Crippen LogP contribution in [0, 0.1) is 11.6 Å². The van der Waals surface area contributed by atoms with Gasteiger partial charge < -0.3 is 9.90 Å². The number of carbonyl (C=O) groups is 2. The molecule has 102 valence electrons. The van der Waals surface area contributed by atoms with Crippen LogP contribution in [0.25, 0.3) is 6.08 Å². The van der Waals surface area contributed by atoms with Gasteiger partial charge in [-0.3, -0.25) is 4.79 Å². The number of carbonyl (C=O) groups excluding carboxylic acids is 2. The maximum atomic E-state index is 13.3. The van der Waals surface area contributed by atoms with Gasteiger partial charge in [-0.2, -0.15) is 0 Å². The molecule has 0 atom stereocenters. The second-order valence-corrected chi connectivity index (χ2v) is 4.87. The minimum absolute atomic E-state index is 0.0844. The third-order valence-electron chi connectivity index (χ3n) is 2.45. The summed E-state index contributed by atoms with van der Waals surface area (Å²) in [6, 6.07) is 5.93. The first-order valence-electron chi connectivity index (χ1n) is 5.46. The van der Waals surface area contributed by atoms with Crippen LogP contribution in [-0.4, -0.2) is 11.8 Å². The maximum Gasteiger partial charge on any atom is 0.195 e. The van der Waals surface area contributed by atoms with Crippen molar-refractivity contribution in [2.24, 2.45) is 0 Å². The molecular formula is C14H7F2O3S-. The van der Waals surface area contributed by atoms with Crippen LogP contribution in [0.1, 0.15) is 24.9 Å². The average Bonchev–Trinajstić information content (AvgIpc) is 2.87. The van der Waals surface area contributed by atoms with Crippen LogP contribution >= 0.6 is 11.3 Å². The van der Waals surface area contributed by atoms with Gasteiger partial charge in [0.2, 0.25) is 0 Å². The minimum atomic E-state index is -1.38. The van der Waals surface area contributed by atoms with E-state index in [1.54, 1.807) is 0 Å². The second kappa shape index (κ2) is 5.75. The van der Waals surface area contributed by atoms with E-state index in [-0.39, 0.29) is 15.3 Å². The predicted octanol–water partition coefficient (Wildman–Crippen LogP) is 2.29. The van der Waals surface area contributed by atoms with Crippen molar-refractivity contribution in [1.82, 2.24) is 0 Å². The highest BCUT2D eigenvalue weighted by atomic mass is 32.1. The Kier molecular flexibility index (Phi) is 4.05. The zero-order chi connectivity index (χ0) is 14.7. The summed E-state index contributed by atoms with van der Waals surface area (Å²) in [6.07, 6.45) is 2.01. The highest BCUT2D eigenvalue weighted by molar-refractivity contribution is 7.16. The summed E-state index contributed by atoms with van der Waals surface area (Å²) >= 11 is 0.742. The molecule has 0 aliphatic carbocycles. The summed E-state index contributed by atoms with van der Waals surface area (Å²) in [6.45, 7) is 0. The second-order valence-electron chi connectivity index (χ2n) is 3.78. The molecular weight excluding hydrogens is 286 g/mol. The van der Waals surface area contributed by atoms with E-state index < -0.39 is 23.4 Å². The van der Waals surface area contributed by atoms with E-state index in [0.29, 0.717) is 0 Å². The van der Waals surface area contributed by atoms with Crippen molar-refractivity contribution in [3.63, 3.8) is 0 Å². The van der Waals surface area contributed by atoms with Gasteiger partial charge in [-0.1, -0.05) is 6.07 Å². The van der Waals surface area contributed by atoms with Crippen LogP contribution in [0.3, 0.4) is 0 Å². The SMILES string of the molecule is O=C([O-])c1ccc(C(=O)/C=C/c2c(F)cccc2F)s1. The summed E-state index contributed by atoms with van der Waals surface area (Å²) in [5, 5.41) is 10.6. The molecule has 0 saturated heterocycles. The van der Waals surface area contributed by atoms with E-state index in [4.69, 9.17) is 0 Å². The molecule has 2 aromatic rings.